The molecular formula is C13H20N2O2. The Labute approximate surface area is 102 Å². The number of aromatic nitrogens is 1. The monoisotopic (exact) mass is 236 g/mol. The largest absolute Gasteiger partial charge is 0.386 e. The van der Waals surface area contributed by atoms with Crippen LogP contribution in [-0.4, -0.2) is 34.9 Å². The Morgan fingerprint density at radius 2 is 2.41 bits per heavy atom. The molecule has 1 saturated heterocycles. The third-order valence-corrected chi connectivity index (χ3v) is 3.39. The highest BCUT2D eigenvalue weighted by molar-refractivity contribution is 5.12. The number of aliphatic hydroxyl groups is 1. The molecule has 1 aromatic heterocycles. The number of hydrogen-bond acceptors (Lipinski definition) is 4. The maximum absolute atomic E-state index is 10.3. The van der Waals surface area contributed by atoms with Gasteiger partial charge in [-0.15, -0.1) is 0 Å². The van der Waals surface area contributed by atoms with Gasteiger partial charge >= 0.3 is 0 Å². The molecule has 2 unspecified atom stereocenters. The molecular weight excluding hydrogens is 216 g/mol. The molecule has 1 aliphatic rings. The van der Waals surface area contributed by atoms with Gasteiger partial charge in [0.25, 0.3) is 0 Å². The van der Waals surface area contributed by atoms with Gasteiger partial charge in [-0.1, -0.05) is 6.07 Å². The van der Waals surface area contributed by atoms with E-state index in [1.807, 2.05) is 32.2 Å². The summed E-state index contributed by atoms with van der Waals surface area (Å²) in [5, 5.41) is 13.5. The molecule has 2 N–H and O–H groups in total. The predicted molar refractivity (Wildman–Crippen MR) is 65.7 cm³/mol. The van der Waals surface area contributed by atoms with Crippen LogP contribution in [0.1, 0.15) is 24.6 Å². The maximum atomic E-state index is 10.3. The van der Waals surface area contributed by atoms with Crippen LogP contribution in [0.3, 0.4) is 0 Å². The van der Waals surface area contributed by atoms with Crippen LogP contribution in [0.15, 0.2) is 18.3 Å². The second-order valence-electron chi connectivity index (χ2n) is 4.78. The molecule has 0 aromatic carbocycles. The molecule has 1 fully saturated rings. The molecule has 0 radical (unpaired) electrons. The lowest BCUT2D eigenvalue weighted by molar-refractivity contribution is -0.0263. The van der Waals surface area contributed by atoms with E-state index in [0.29, 0.717) is 19.6 Å². The average molecular weight is 236 g/mol. The summed E-state index contributed by atoms with van der Waals surface area (Å²) in [6.45, 7) is 5.81. The summed E-state index contributed by atoms with van der Waals surface area (Å²) in [5.41, 5.74) is 1.42. The zero-order chi connectivity index (χ0) is 12.3. The minimum atomic E-state index is -0.724. The normalized spacial score (nSPS) is 28.5. The van der Waals surface area contributed by atoms with Crippen molar-refractivity contribution in [3.05, 3.63) is 29.6 Å². The second-order valence-corrected chi connectivity index (χ2v) is 4.78. The molecule has 0 aliphatic carbocycles. The van der Waals surface area contributed by atoms with Crippen LogP contribution < -0.4 is 5.32 Å². The SMILES string of the molecule is Cc1ccc(CNCC2(O)CCOC2C)cn1. The first-order chi connectivity index (χ1) is 8.10. The molecule has 17 heavy (non-hydrogen) atoms. The van der Waals surface area contributed by atoms with Crippen molar-refractivity contribution in [2.45, 2.75) is 38.5 Å². The van der Waals surface area contributed by atoms with Gasteiger partial charge in [-0.25, -0.2) is 0 Å². The number of rotatable bonds is 4. The van der Waals surface area contributed by atoms with Crippen LogP contribution in [0.5, 0.6) is 0 Å². The standard InChI is InChI=1S/C13H20N2O2/c1-10-3-4-12(8-15-10)7-14-9-13(16)5-6-17-11(13)2/h3-4,8,11,14,16H,5-7,9H2,1-2H3. The smallest absolute Gasteiger partial charge is 0.105 e. The number of ether oxygens (including phenoxy) is 1. The van der Waals surface area contributed by atoms with E-state index >= 15 is 0 Å². The van der Waals surface area contributed by atoms with Gasteiger partial charge in [0.2, 0.25) is 0 Å². The first-order valence-corrected chi connectivity index (χ1v) is 6.06. The van der Waals surface area contributed by atoms with Crippen molar-refractivity contribution in [2.75, 3.05) is 13.2 Å². The van der Waals surface area contributed by atoms with E-state index in [2.05, 4.69) is 10.3 Å². The van der Waals surface area contributed by atoms with Crippen molar-refractivity contribution in [2.24, 2.45) is 0 Å². The molecule has 94 valence electrons. The molecule has 0 saturated carbocycles. The van der Waals surface area contributed by atoms with E-state index < -0.39 is 5.60 Å². The number of aryl methyl sites for hydroxylation is 1. The van der Waals surface area contributed by atoms with Gasteiger partial charge in [0.15, 0.2) is 0 Å². The summed E-state index contributed by atoms with van der Waals surface area (Å²) in [4.78, 5) is 4.23. The third kappa shape index (κ3) is 3.03. The van der Waals surface area contributed by atoms with Crippen molar-refractivity contribution in [1.82, 2.24) is 10.3 Å². The molecule has 2 heterocycles. The van der Waals surface area contributed by atoms with E-state index in [4.69, 9.17) is 4.74 Å². The molecule has 0 spiro atoms. The van der Waals surface area contributed by atoms with Crippen LogP contribution in [0.4, 0.5) is 0 Å². The molecule has 1 aliphatic heterocycles. The van der Waals surface area contributed by atoms with Gasteiger partial charge in [-0.2, -0.15) is 0 Å². The van der Waals surface area contributed by atoms with Crippen LogP contribution >= 0.6 is 0 Å². The first kappa shape index (κ1) is 12.5. The fourth-order valence-electron chi connectivity index (χ4n) is 2.03. The Kier molecular flexibility index (Phi) is 3.76. The van der Waals surface area contributed by atoms with Crippen molar-refractivity contribution in [1.29, 1.82) is 0 Å². The Morgan fingerprint density at radius 1 is 1.59 bits per heavy atom. The molecule has 1 aromatic rings. The quantitative estimate of drug-likeness (QED) is 0.819. The van der Waals surface area contributed by atoms with E-state index in [0.717, 1.165) is 17.8 Å². The molecule has 0 bridgehead atoms. The Balaban J connectivity index is 1.81. The lowest BCUT2D eigenvalue weighted by Crippen LogP contribution is -2.45. The number of nitrogens with zero attached hydrogens (tertiary/aromatic N) is 1. The minimum absolute atomic E-state index is 0.0915. The predicted octanol–water partition coefficient (Wildman–Crippen LogP) is 1.02. The lowest BCUT2D eigenvalue weighted by Gasteiger charge is -2.26. The highest BCUT2D eigenvalue weighted by atomic mass is 16.5. The van der Waals surface area contributed by atoms with E-state index in [9.17, 15) is 5.11 Å². The zero-order valence-corrected chi connectivity index (χ0v) is 10.4. The fraction of sp³-hybridized carbons (Fsp3) is 0.615. The third-order valence-electron chi connectivity index (χ3n) is 3.39. The van der Waals surface area contributed by atoms with Gasteiger partial charge in [0.1, 0.15) is 5.60 Å². The number of nitrogens with one attached hydrogen (secondary N) is 1. The molecule has 4 nitrogen and oxygen atoms in total. The fourth-order valence-corrected chi connectivity index (χ4v) is 2.03. The maximum Gasteiger partial charge on any atom is 0.105 e. The van der Waals surface area contributed by atoms with E-state index in [1.54, 1.807) is 0 Å². The minimum Gasteiger partial charge on any atom is -0.386 e. The van der Waals surface area contributed by atoms with Gasteiger partial charge < -0.3 is 15.2 Å². The van der Waals surface area contributed by atoms with Crippen molar-refractivity contribution >= 4 is 0 Å². The summed E-state index contributed by atoms with van der Waals surface area (Å²) in [6.07, 6.45) is 2.47. The Hall–Kier alpha value is -0.970. The molecule has 2 atom stereocenters. The lowest BCUT2D eigenvalue weighted by atomic mass is 9.97. The summed E-state index contributed by atoms with van der Waals surface area (Å²) < 4.78 is 5.38. The van der Waals surface area contributed by atoms with E-state index in [1.165, 1.54) is 0 Å². The molecule has 2 rings (SSSR count). The van der Waals surface area contributed by atoms with Crippen LogP contribution in [-0.2, 0) is 11.3 Å². The average Bonchev–Trinajstić information content (AvgIpc) is 2.63. The summed E-state index contributed by atoms with van der Waals surface area (Å²) in [6, 6.07) is 4.04. The number of hydrogen-bond donors (Lipinski definition) is 2. The highest BCUT2D eigenvalue weighted by Gasteiger charge is 2.38. The van der Waals surface area contributed by atoms with Crippen molar-refractivity contribution < 1.29 is 9.84 Å². The van der Waals surface area contributed by atoms with Gasteiger partial charge in [0, 0.05) is 38.0 Å². The van der Waals surface area contributed by atoms with Gasteiger partial charge in [-0.05, 0) is 25.5 Å². The van der Waals surface area contributed by atoms with Crippen molar-refractivity contribution in [3.8, 4) is 0 Å². The second kappa shape index (κ2) is 5.12. The first-order valence-electron chi connectivity index (χ1n) is 6.06. The molecule has 4 heteroatoms. The number of pyridine rings is 1. The Morgan fingerprint density at radius 3 is 3.00 bits per heavy atom. The summed E-state index contributed by atoms with van der Waals surface area (Å²) >= 11 is 0. The van der Waals surface area contributed by atoms with Crippen LogP contribution in [0, 0.1) is 6.92 Å². The topological polar surface area (TPSA) is 54.4 Å². The van der Waals surface area contributed by atoms with Gasteiger partial charge in [0.05, 0.1) is 6.10 Å². The van der Waals surface area contributed by atoms with E-state index in [-0.39, 0.29) is 6.10 Å². The zero-order valence-electron chi connectivity index (χ0n) is 10.4. The summed E-state index contributed by atoms with van der Waals surface area (Å²) in [7, 11) is 0. The highest BCUT2D eigenvalue weighted by Crippen LogP contribution is 2.24. The van der Waals surface area contributed by atoms with Gasteiger partial charge in [-0.3, -0.25) is 4.98 Å². The summed E-state index contributed by atoms with van der Waals surface area (Å²) in [5.74, 6) is 0. The molecule has 0 amide bonds. The van der Waals surface area contributed by atoms with Crippen LogP contribution in [0.25, 0.3) is 0 Å². The van der Waals surface area contributed by atoms with Crippen LogP contribution in [0.2, 0.25) is 0 Å². The van der Waals surface area contributed by atoms with Crippen molar-refractivity contribution in [3.63, 3.8) is 0 Å². The Bertz CT molecular complexity index is 366.